The lowest BCUT2D eigenvalue weighted by atomic mass is 9.75. The van der Waals surface area contributed by atoms with Gasteiger partial charge in [-0.05, 0) is 26.2 Å². The number of nitrogens with two attached hydrogens (primary N) is 1. The number of amides is 1. The first-order valence-electron chi connectivity index (χ1n) is 7.75. The highest BCUT2D eigenvalue weighted by Crippen LogP contribution is 2.32. The Kier molecular flexibility index (Phi) is 3.99. The Balaban J connectivity index is 1.45. The third-order valence-corrected chi connectivity index (χ3v) is 4.63. The molecule has 1 aromatic rings. The molecule has 6 heteroatoms. The zero-order valence-electron chi connectivity index (χ0n) is 12.7. The number of aromatic nitrogens is 1. The number of hydrogen-bond donors (Lipinski definition) is 1. The van der Waals surface area contributed by atoms with Gasteiger partial charge in [0.05, 0.1) is 12.2 Å². The van der Waals surface area contributed by atoms with Crippen molar-refractivity contribution < 1.29 is 9.32 Å². The van der Waals surface area contributed by atoms with E-state index in [4.69, 9.17) is 10.3 Å². The Morgan fingerprint density at radius 2 is 2.10 bits per heavy atom. The SMILES string of the molecule is Cc1cc(CN2CCN(C(=O)CC3(N)CCC3)CC2)on1. The molecule has 1 saturated heterocycles. The summed E-state index contributed by atoms with van der Waals surface area (Å²) < 4.78 is 5.24. The maximum atomic E-state index is 12.3. The van der Waals surface area contributed by atoms with Gasteiger partial charge in [-0.2, -0.15) is 0 Å². The average Bonchev–Trinajstić information content (AvgIpc) is 2.83. The van der Waals surface area contributed by atoms with Crippen LogP contribution in [0.4, 0.5) is 0 Å². The molecule has 2 aliphatic rings. The third kappa shape index (κ3) is 3.44. The van der Waals surface area contributed by atoms with Crippen molar-refractivity contribution in [2.45, 2.75) is 44.7 Å². The van der Waals surface area contributed by atoms with Crippen molar-refractivity contribution in [2.24, 2.45) is 5.73 Å². The number of carbonyl (C=O) groups is 1. The van der Waals surface area contributed by atoms with Crippen LogP contribution in [0.3, 0.4) is 0 Å². The summed E-state index contributed by atoms with van der Waals surface area (Å²) in [5.41, 5.74) is 6.86. The second-order valence-electron chi connectivity index (χ2n) is 6.48. The standard InChI is InChI=1S/C15H24N4O2/c1-12-9-13(21-17-12)11-18-5-7-19(8-6-18)14(20)10-15(16)3-2-4-15/h9H,2-8,10-11,16H2,1H3. The lowest BCUT2D eigenvalue weighted by Crippen LogP contribution is -2.54. The summed E-state index contributed by atoms with van der Waals surface area (Å²) in [5.74, 6) is 1.11. The van der Waals surface area contributed by atoms with E-state index in [9.17, 15) is 4.79 Å². The first-order valence-corrected chi connectivity index (χ1v) is 7.75. The fraction of sp³-hybridized carbons (Fsp3) is 0.733. The highest BCUT2D eigenvalue weighted by atomic mass is 16.5. The van der Waals surface area contributed by atoms with Crippen molar-refractivity contribution in [1.82, 2.24) is 15.0 Å². The minimum Gasteiger partial charge on any atom is -0.360 e. The Labute approximate surface area is 125 Å². The largest absolute Gasteiger partial charge is 0.360 e. The van der Waals surface area contributed by atoms with Gasteiger partial charge in [0.1, 0.15) is 0 Å². The molecule has 1 aromatic heterocycles. The van der Waals surface area contributed by atoms with Gasteiger partial charge in [-0.15, -0.1) is 0 Å². The summed E-state index contributed by atoms with van der Waals surface area (Å²) in [5, 5.41) is 3.90. The molecular weight excluding hydrogens is 268 g/mol. The molecule has 0 atom stereocenters. The van der Waals surface area contributed by atoms with Crippen molar-refractivity contribution >= 4 is 5.91 Å². The maximum absolute atomic E-state index is 12.3. The van der Waals surface area contributed by atoms with E-state index in [1.54, 1.807) is 0 Å². The molecule has 2 fully saturated rings. The van der Waals surface area contributed by atoms with Crippen LogP contribution in [0.25, 0.3) is 0 Å². The molecule has 1 saturated carbocycles. The van der Waals surface area contributed by atoms with E-state index in [0.29, 0.717) is 6.42 Å². The van der Waals surface area contributed by atoms with Gasteiger partial charge in [-0.25, -0.2) is 0 Å². The quantitative estimate of drug-likeness (QED) is 0.892. The highest BCUT2D eigenvalue weighted by Gasteiger charge is 2.36. The van der Waals surface area contributed by atoms with E-state index in [-0.39, 0.29) is 11.4 Å². The Hall–Kier alpha value is -1.40. The first-order chi connectivity index (χ1) is 10.0. The molecule has 1 aliphatic heterocycles. The molecule has 0 unspecified atom stereocenters. The Morgan fingerprint density at radius 3 is 2.62 bits per heavy atom. The zero-order valence-corrected chi connectivity index (χ0v) is 12.7. The molecule has 21 heavy (non-hydrogen) atoms. The van der Waals surface area contributed by atoms with Gasteiger partial charge in [0, 0.05) is 44.2 Å². The van der Waals surface area contributed by atoms with Gasteiger partial charge in [0.2, 0.25) is 5.91 Å². The number of rotatable bonds is 4. The van der Waals surface area contributed by atoms with Gasteiger partial charge in [-0.3, -0.25) is 9.69 Å². The summed E-state index contributed by atoms with van der Waals surface area (Å²) in [6.07, 6.45) is 3.65. The van der Waals surface area contributed by atoms with Crippen LogP contribution in [0.15, 0.2) is 10.6 Å². The van der Waals surface area contributed by atoms with E-state index in [1.165, 1.54) is 0 Å². The van der Waals surface area contributed by atoms with Crippen LogP contribution >= 0.6 is 0 Å². The van der Waals surface area contributed by atoms with Gasteiger partial charge in [0.25, 0.3) is 0 Å². The van der Waals surface area contributed by atoms with E-state index < -0.39 is 0 Å². The Bertz CT molecular complexity index is 502. The van der Waals surface area contributed by atoms with Gasteiger partial charge in [0.15, 0.2) is 5.76 Å². The number of aryl methyl sites for hydroxylation is 1. The van der Waals surface area contributed by atoms with Crippen molar-refractivity contribution in [3.8, 4) is 0 Å². The second kappa shape index (κ2) is 5.77. The van der Waals surface area contributed by atoms with E-state index >= 15 is 0 Å². The number of piperazine rings is 1. The number of hydrogen-bond acceptors (Lipinski definition) is 5. The molecule has 2 N–H and O–H groups in total. The molecule has 2 heterocycles. The normalized spacial score (nSPS) is 22.1. The minimum atomic E-state index is -0.217. The fourth-order valence-corrected chi connectivity index (χ4v) is 3.09. The van der Waals surface area contributed by atoms with Crippen LogP contribution in [0, 0.1) is 6.92 Å². The molecule has 0 spiro atoms. The van der Waals surface area contributed by atoms with E-state index in [1.807, 2.05) is 17.9 Å². The molecule has 116 valence electrons. The predicted molar refractivity (Wildman–Crippen MR) is 78.5 cm³/mol. The lowest BCUT2D eigenvalue weighted by Gasteiger charge is -2.40. The summed E-state index contributed by atoms with van der Waals surface area (Å²) in [4.78, 5) is 16.5. The van der Waals surface area contributed by atoms with E-state index in [0.717, 1.165) is 63.4 Å². The van der Waals surface area contributed by atoms with Crippen molar-refractivity contribution in [3.05, 3.63) is 17.5 Å². The van der Waals surface area contributed by atoms with Crippen molar-refractivity contribution in [3.63, 3.8) is 0 Å². The summed E-state index contributed by atoms with van der Waals surface area (Å²) in [6, 6.07) is 1.96. The Morgan fingerprint density at radius 1 is 1.38 bits per heavy atom. The number of carbonyl (C=O) groups excluding carboxylic acids is 1. The predicted octanol–water partition coefficient (Wildman–Crippen LogP) is 0.899. The van der Waals surface area contributed by atoms with Gasteiger partial charge in [-0.1, -0.05) is 5.16 Å². The monoisotopic (exact) mass is 292 g/mol. The zero-order chi connectivity index (χ0) is 14.9. The fourth-order valence-electron chi connectivity index (χ4n) is 3.09. The van der Waals surface area contributed by atoms with Crippen LogP contribution in [0.1, 0.15) is 37.1 Å². The van der Waals surface area contributed by atoms with Crippen molar-refractivity contribution in [1.29, 1.82) is 0 Å². The van der Waals surface area contributed by atoms with Crippen LogP contribution < -0.4 is 5.73 Å². The van der Waals surface area contributed by atoms with Crippen LogP contribution in [-0.2, 0) is 11.3 Å². The molecule has 0 bridgehead atoms. The maximum Gasteiger partial charge on any atom is 0.224 e. The average molecular weight is 292 g/mol. The van der Waals surface area contributed by atoms with Gasteiger partial charge >= 0.3 is 0 Å². The van der Waals surface area contributed by atoms with E-state index in [2.05, 4.69) is 10.1 Å². The highest BCUT2D eigenvalue weighted by molar-refractivity contribution is 5.77. The summed E-state index contributed by atoms with van der Waals surface area (Å²) in [6.45, 7) is 6.01. The smallest absolute Gasteiger partial charge is 0.224 e. The molecular formula is C15H24N4O2. The summed E-state index contributed by atoms with van der Waals surface area (Å²) >= 11 is 0. The van der Waals surface area contributed by atoms with Crippen LogP contribution in [0.2, 0.25) is 0 Å². The first kappa shape index (κ1) is 14.5. The van der Waals surface area contributed by atoms with Crippen molar-refractivity contribution in [2.75, 3.05) is 26.2 Å². The second-order valence-corrected chi connectivity index (χ2v) is 6.48. The molecule has 6 nitrogen and oxygen atoms in total. The molecule has 0 radical (unpaired) electrons. The topological polar surface area (TPSA) is 75.6 Å². The van der Waals surface area contributed by atoms with Gasteiger partial charge < -0.3 is 15.2 Å². The summed E-state index contributed by atoms with van der Waals surface area (Å²) in [7, 11) is 0. The van der Waals surface area contributed by atoms with Crippen LogP contribution in [0.5, 0.6) is 0 Å². The molecule has 1 amide bonds. The molecule has 3 rings (SSSR count). The molecule has 0 aromatic carbocycles. The molecule has 1 aliphatic carbocycles. The third-order valence-electron chi connectivity index (χ3n) is 4.63. The number of nitrogens with zero attached hydrogens (tertiary/aromatic N) is 3. The minimum absolute atomic E-state index is 0.215. The lowest BCUT2D eigenvalue weighted by molar-refractivity contribution is -0.135. The van der Waals surface area contributed by atoms with Crippen LogP contribution in [-0.4, -0.2) is 52.6 Å².